The second-order valence-electron chi connectivity index (χ2n) is 4.64. The fourth-order valence-electron chi connectivity index (χ4n) is 2.33. The van der Waals surface area contributed by atoms with Crippen molar-refractivity contribution in [3.63, 3.8) is 0 Å². The summed E-state index contributed by atoms with van der Waals surface area (Å²) in [5, 5.41) is -1.11. The van der Waals surface area contributed by atoms with Gasteiger partial charge in [-0.25, -0.2) is 17.2 Å². The molecule has 1 aliphatic rings. The van der Waals surface area contributed by atoms with E-state index in [1.165, 1.54) is 0 Å². The van der Waals surface area contributed by atoms with Gasteiger partial charge in [-0.05, 0) is 24.1 Å². The minimum Gasteiger partial charge on any atom is -0.298 e. The quantitative estimate of drug-likeness (QED) is 0.789. The number of aldehydes is 1. The smallest absolute Gasteiger partial charge is 0.273 e. The lowest BCUT2D eigenvalue weighted by atomic mass is 9.87. The van der Waals surface area contributed by atoms with E-state index < -0.39 is 33.0 Å². The average molecular weight is 309 g/mol. The Hall–Kier alpha value is -1.01. The van der Waals surface area contributed by atoms with Gasteiger partial charge >= 0.3 is 0 Å². The van der Waals surface area contributed by atoms with Gasteiger partial charge in [-0.2, -0.15) is 0 Å². The van der Waals surface area contributed by atoms with Crippen LogP contribution in [0.1, 0.15) is 39.6 Å². The van der Waals surface area contributed by atoms with E-state index in [0.29, 0.717) is 6.29 Å². The van der Waals surface area contributed by atoms with Crippen LogP contribution in [0.15, 0.2) is 12.1 Å². The molecule has 0 heterocycles. The Bertz CT molecular complexity index is 641. The first-order valence-electron chi connectivity index (χ1n) is 5.52. The fourth-order valence-corrected chi connectivity index (χ4v) is 3.74. The molecule has 0 aromatic heterocycles. The van der Waals surface area contributed by atoms with Crippen LogP contribution in [0.5, 0.6) is 0 Å². The van der Waals surface area contributed by atoms with E-state index in [1.54, 1.807) is 0 Å². The van der Waals surface area contributed by atoms with Crippen molar-refractivity contribution in [3.05, 3.63) is 33.8 Å². The Morgan fingerprint density at radius 1 is 1.42 bits per heavy atom. The van der Waals surface area contributed by atoms with E-state index in [1.807, 2.05) is 0 Å². The molecule has 0 amide bonds. The van der Waals surface area contributed by atoms with Crippen molar-refractivity contribution in [2.24, 2.45) is 0 Å². The Labute approximate surface area is 114 Å². The summed E-state index contributed by atoms with van der Waals surface area (Å²) in [6.45, 7) is 0. The van der Waals surface area contributed by atoms with Crippen LogP contribution in [0, 0.1) is 0 Å². The van der Waals surface area contributed by atoms with Crippen molar-refractivity contribution in [3.8, 4) is 0 Å². The number of carbonyl (C=O) groups is 1. The highest BCUT2D eigenvalue weighted by Crippen LogP contribution is 2.47. The van der Waals surface area contributed by atoms with Crippen molar-refractivity contribution in [2.75, 3.05) is 6.26 Å². The van der Waals surface area contributed by atoms with Crippen molar-refractivity contribution in [1.82, 2.24) is 0 Å². The molecule has 0 saturated heterocycles. The van der Waals surface area contributed by atoms with E-state index in [2.05, 4.69) is 0 Å². The molecule has 0 radical (unpaired) electrons. The molecule has 0 spiro atoms. The van der Waals surface area contributed by atoms with Crippen molar-refractivity contribution in [1.29, 1.82) is 0 Å². The molecule has 0 bridgehead atoms. The third-order valence-corrected chi connectivity index (χ3v) is 5.12. The largest absolute Gasteiger partial charge is 0.298 e. The van der Waals surface area contributed by atoms with Gasteiger partial charge < -0.3 is 0 Å². The molecule has 2 rings (SSSR count). The molecular formula is C12H11ClF2O3S. The van der Waals surface area contributed by atoms with E-state index >= 15 is 0 Å². The Morgan fingerprint density at radius 2 is 2.05 bits per heavy atom. The zero-order valence-electron chi connectivity index (χ0n) is 9.99. The first kappa shape index (κ1) is 14.4. The number of rotatable bonds is 2. The lowest BCUT2D eigenvalue weighted by molar-refractivity contribution is -0.0223. The third-order valence-electron chi connectivity index (χ3n) is 3.27. The zero-order valence-corrected chi connectivity index (χ0v) is 11.6. The SMILES string of the molecule is CS(=O)(=O)C1CCC(F)(F)c2cc(Cl)c(C=O)cc21. The second kappa shape index (κ2) is 4.52. The van der Waals surface area contributed by atoms with Gasteiger partial charge in [0.1, 0.15) is 0 Å². The molecule has 0 aliphatic heterocycles. The monoisotopic (exact) mass is 308 g/mol. The van der Waals surface area contributed by atoms with Gasteiger partial charge in [-0.15, -0.1) is 0 Å². The molecule has 0 N–H and O–H groups in total. The minimum atomic E-state index is -3.52. The maximum Gasteiger partial charge on any atom is 0.273 e. The number of hydrogen-bond acceptors (Lipinski definition) is 3. The molecule has 1 aliphatic carbocycles. The van der Waals surface area contributed by atoms with Crippen LogP contribution in [0.2, 0.25) is 5.02 Å². The van der Waals surface area contributed by atoms with Crippen LogP contribution < -0.4 is 0 Å². The first-order chi connectivity index (χ1) is 8.66. The zero-order chi connectivity index (χ0) is 14.4. The van der Waals surface area contributed by atoms with Crippen LogP contribution >= 0.6 is 11.6 Å². The molecule has 104 valence electrons. The Morgan fingerprint density at radius 3 is 2.58 bits per heavy atom. The maximum atomic E-state index is 13.8. The molecule has 1 aromatic carbocycles. The highest BCUT2D eigenvalue weighted by molar-refractivity contribution is 7.90. The maximum absolute atomic E-state index is 13.8. The van der Waals surface area contributed by atoms with Crippen LogP contribution in [-0.4, -0.2) is 21.0 Å². The van der Waals surface area contributed by atoms with Gasteiger partial charge in [-0.1, -0.05) is 11.6 Å². The molecule has 19 heavy (non-hydrogen) atoms. The molecule has 0 saturated carbocycles. The van der Waals surface area contributed by atoms with Gasteiger partial charge in [0.2, 0.25) is 0 Å². The second-order valence-corrected chi connectivity index (χ2v) is 7.28. The normalized spacial score (nSPS) is 21.8. The highest BCUT2D eigenvalue weighted by atomic mass is 35.5. The molecule has 0 fully saturated rings. The average Bonchev–Trinajstić information content (AvgIpc) is 2.27. The number of fused-ring (bicyclic) bond motifs is 1. The topological polar surface area (TPSA) is 51.2 Å². The summed E-state index contributed by atoms with van der Waals surface area (Å²) in [5.41, 5.74) is -0.401. The molecule has 3 nitrogen and oxygen atoms in total. The molecule has 1 atom stereocenters. The predicted molar refractivity (Wildman–Crippen MR) is 67.6 cm³/mol. The van der Waals surface area contributed by atoms with E-state index in [-0.39, 0.29) is 22.6 Å². The van der Waals surface area contributed by atoms with Gasteiger partial charge in [-0.3, -0.25) is 4.79 Å². The molecule has 7 heteroatoms. The van der Waals surface area contributed by atoms with Crippen molar-refractivity contribution < 1.29 is 22.0 Å². The summed E-state index contributed by atoms with van der Waals surface area (Å²) >= 11 is 5.74. The summed E-state index contributed by atoms with van der Waals surface area (Å²) in [6.07, 6.45) is 0.710. The van der Waals surface area contributed by atoms with Crippen LogP contribution in [0.3, 0.4) is 0 Å². The molecule has 1 aromatic rings. The summed E-state index contributed by atoms with van der Waals surface area (Å²) < 4.78 is 51.0. The molecular weight excluding hydrogens is 298 g/mol. The number of halogens is 3. The number of sulfone groups is 1. The van der Waals surface area contributed by atoms with Gasteiger partial charge in [0.25, 0.3) is 5.92 Å². The predicted octanol–water partition coefficient (Wildman–Crippen LogP) is 3.12. The van der Waals surface area contributed by atoms with Crippen molar-refractivity contribution in [2.45, 2.75) is 24.0 Å². The standard InChI is InChI=1S/C12H11ClF2O3S/c1-19(17,18)11-2-3-12(14,15)9-5-10(13)7(6-16)4-8(9)11/h4-6,11H,2-3H2,1H3. The van der Waals surface area contributed by atoms with E-state index in [0.717, 1.165) is 18.4 Å². The van der Waals surface area contributed by atoms with Gasteiger partial charge in [0.05, 0.1) is 10.3 Å². The van der Waals surface area contributed by atoms with Crippen LogP contribution in [0.4, 0.5) is 8.78 Å². The molecule has 1 unspecified atom stereocenters. The number of benzene rings is 1. The minimum absolute atomic E-state index is 0.0202. The van der Waals surface area contributed by atoms with Crippen LogP contribution in [0.25, 0.3) is 0 Å². The summed E-state index contributed by atoms with van der Waals surface area (Å²) in [5.74, 6) is -3.12. The third kappa shape index (κ3) is 2.51. The lowest BCUT2D eigenvalue weighted by Gasteiger charge is -2.30. The van der Waals surface area contributed by atoms with E-state index in [9.17, 15) is 22.0 Å². The summed E-state index contributed by atoms with van der Waals surface area (Å²) in [6, 6.07) is 2.15. The fraction of sp³-hybridized carbons (Fsp3) is 0.417. The van der Waals surface area contributed by atoms with E-state index in [4.69, 9.17) is 11.6 Å². The highest BCUT2D eigenvalue weighted by Gasteiger charge is 2.43. The number of alkyl halides is 2. The summed E-state index contributed by atoms with van der Waals surface area (Å²) in [4.78, 5) is 10.8. The number of hydrogen-bond donors (Lipinski definition) is 0. The van der Waals surface area contributed by atoms with Crippen molar-refractivity contribution >= 4 is 27.7 Å². The summed E-state index contributed by atoms with van der Waals surface area (Å²) in [7, 11) is -3.52. The Balaban J connectivity index is 2.74. The first-order valence-corrected chi connectivity index (χ1v) is 7.86. The van der Waals surface area contributed by atoms with Gasteiger partial charge in [0.15, 0.2) is 16.1 Å². The lowest BCUT2D eigenvalue weighted by Crippen LogP contribution is -2.27. The Kier molecular flexibility index (Phi) is 3.43. The van der Waals surface area contributed by atoms with Crippen LogP contribution in [-0.2, 0) is 15.8 Å². The number of carbonyl (C=O) groups excluding carboxylic acids is 1. The van der Waals surface area contributed by atoms with Gasteiger partial charge in [0, 0.05) is 23.8 Å².